The minimum Gasteiger partial charge on any atom is -0.236 e. The number of hydrogen-bond donors (Lipinski definition) is 0. The Hall–Kier alpha value is -1.52. The SMILES string of the molecule is Cc1ccccc1Cc1nc2c(Cl)ncnc2s1. The van der Waals surface area contributed by atoms with Crippen molar-refractivity contribution in [2.45, 2.75) is 13.3 Å². The molecule has 0 radical (unpaired) electrons. The van der Waals surface area contributed by atoms with Gasteiger partial charge in [0.2, 0.25) is 0 Å². The molecule has 0 aliphatic rings. The van der Waals surface area contributed by atoms with Crippen molar-refractivity contribution in [2.24, 2.45) is 0 Å². The van der Waals surface area contributed by atoms with Crippen LogP contribution < -0.4 is 0 Å². The molecule has 0 aliphatic carbocycles. The van der Waals surface area contributed by atoms with Crippen LogP contribution >= 0.6 is 22.9 Å². The first-order valence-electron chi connectivity index (χ1n) is 5.54. The number of aryl methyl sites for hydroxylation is 1. The Labute approximate surface area is 114 Å². The molecule has 0 aliphatic heterocycles. The second-order valence-electron chi connectivity index (χ2n) is 4.03. The van der Waals surface area contributed by atoms with E-state index in [0.29, 0.717) is 10.7 Å². The summed E-state index contributed by atoms with van der Waals surface area (Å²) in [5.74, 6) is 0. The standard InChI is InChI=1S/C13H10ClN3S/c1-8-4-2-3-5-9(8)6-10-17-11-12(14)15-7-16-13(11)18-10/h2-5,7H,6H2,1H3. The maximum absolute atomic E-state index is 6.00. The van der Waals surface area contributed by atoms with Gasteiger partial charge in [-0.15, -0.1) is 0 Å². The van der Waals surface area contributed by atoms with E-state index in [-0.39, 0.29) is 0 Å². The van der Waals surface area contributed by atoms with Gasteiger partial charge in [0, 0.05) is 6.42 Å². The Bertz CT molecular complexity index is 708. The summed E-state index contributed by atoms with van der Waals surface area (Å²) in [6, 6.07) is 8.31. The molecule has 3 aromatic rings. The van der Waals surface area contributed by atoms with E-state index in [9.17, 15) is 0 Å². The molecule has 0 saturated carbocycles. The number of benzene rings is 1. The molecule has 0 bridgehead atoms. The summed E-state index contributed by atoms with van der Waals surface area (Å²) in [4.78, 5) is 13.5. The lowest BCUT2D eigenvalue weighted by Gasteiger charge is -2.01. The van der Waals surface area contributed by atoms with Gasteiger partial charge >= 0.3 is 0 Å². The smallest absolute Gasteiger partial charge is 0.159 e. The fraction of sp³-hybridized carbons (Fsp3) is 0.154. The van der Waals surface area contributed by atoms with Crippen molar-refractivity contribution in [3.63, 3.8) is 0 Å². The van der Waals surface area contributed by atoms with Crippen LogP contribution in [0.3, 0.4) is 0 Å². The summed E-state index contributed by atoms with van der Waals surface area (Å²) in [7, 11) is 0. The van der Waals surface area contributed by atoms with Crippen LogP contribution in [0.4, 0.5) is 0 Å². The second-order valence-corrected chi connectivity index (χ2v) is 5.45. The number of halogens is 1. The third kappa shape index (κ3) is 2.09. The summed E-state index contributed by atoms with van der Waals surface area (Å²) in [6.07, 6.45) is 2.28. The van der Waals surface area contributed by atoms with Crippen LogP contribution in [0.2, 0.25) is 5.15 Å². The highest BCUT2D eigenvalue weighted by Crippen LogP contribution is 2.26. The van der Waals surface area contributed by atoms with Crippen molar-refractivity contribution in [2.75, 3.05) is 0 Å². The van der Waals surface area contributed by atoms with E-state index in [1.165, 1.54) is 17.5 Å². The van der Waals surface area contributed by atoms with Crippen molar-refractivity contribution in [3.05, 3.63) is 51.9 Å². The van der Waals surface area contributed by atoms with E-state index in [4.69, 9.17) is 11.6 Å². The molecule has 1 aromatic carbocycles. The van der Waals surface area contributed by atoms with E-state index >= 15 is 0 Å². The van der Waals surface area contributed by atoms with Gasteiger partial charge in [-0.3, -0.25) is 0 Å². The fourth-order valence-corrected chi connectivity index (χ4v) is 2.98. The number of thiazole rings is 1. The molecule has 0 saturated heterocycles. The van der Waals surface area contributed by atoms with Crippen LogP contribution in [-0.2, 0) is 6.42 Å². The van der Waals surface area contributed by atoms with Crippen molar-refractivity contribution >= 4 is 33.3 Å². The normalized spacial score (nSPS) is 11.0. The average Bonchev–Trinajstić information content (AvgIpc) is 2.76. The third-order valence-electron chi connectivity index (χ3n) is 2.80. The van der Waals surface area contributed by atoms with Crippen molar-refractivity contribution in [3.8, 4) is 0 Å². The zero-order chi connectivity index (χ0) is 12.5. The van der Waals surface area contributed by atoms with Crippen LogP contribution in [0.5, 0.6) is 0 Å². The Kier molecular flexibility index (Phi) is 2.97. The molecular weight excluding hydrogens is 266 g/mol. The van der Waals surface area contributed by atoms with Gasteiger partial charge in [0.1, 0.15) is 16.7 Å². The molecule has 0 spiro atoms. The second kappa shape index (κ2) is 4.63. The zero-order valence-electron chi connectivity index (χ0n) is 9.72. The van der Waals surface area contributed by atoms with Gasteiger partial charge in [0.25, 0.3) is 0 Å². The molecule has 3 rings (SSSR count). The first-order valence-corrected chi connectivity index (χ1v) is 6.74. The molecule has 0 atom stereocenters. The van der Waals surface area contributed by atoms with Gasteiger partial charge in [0.05, 0.1) is 5.01 Å². The summed E-state index contributed by atoms with van der Waals surface area (Å²) >= 11 is 7.57. The predicted molar refractivity (Wildman–Crippen MR) is 74.2 cm³/mol. The molecule has 90 valence electrons. The number of nitrogens with zero attached hydrogens (tertiary/aromatic N) is 3. The molecule has 3 nitrogen and oxygen atoms in total. The quantitative estimate of drug-likeness (QED) is 0.670. The highest BCUT2D eigenvalue weighted by molar-refractivity contribution is 7.18. The van der Waals surface area contributed by atoms with E-state index in [1.54, 1.807) is 11.3 Å². The Morgan fingerprint density at radius 2 is 2.06 bits per heavy atom. The maximum Gasteiger partial charge on any atom is 0.159 e. The Morgan fingerprint density at radius 3 is 2.83 bits per heavy atom. The van der Waals surface area contributed by atoms with Crippen molar-refractivity contribution in [1.82, 2.24) is 15.0 Å². The largest absolute Gasteiger partial charge is 0.236 e. The molecule has 0 unspecified atom stereocenters. The van der Waals surface area contributed by atoms with Gasteiger partial charge in [-0.25, -0.2) is 15.0 Å². The lowest BCUT2D eigenvalue weighted by molar-refractivity contribution is 1.12. The molecule has 0 amide bonds. The van der Waals surface area contributed by atoms with E-state index < -0.39 is 0 Å². The number of fused-ring (bicyclic) bond motifs is 1. The van der Waals surface area contributed by atoms with Gasteiger partial charge in [-0.05, 0) is 18.1 Å². The number of aromatic nitrogens is 3. The van der Waals surface area contributed by atoms with Gasteiger partial charge in [-0.2, -0.15) is 0 Å². The third-order valence-corrected chi connectivity index (χ3v) is 4.04. The molecule has 2 heterocycles. The first-order chi connectivity index (χ1) is 8.74. The molecule has 0 N–H and O–H groups in total. The van der Waals surface area contributed by atoms with Gasteiger partial charge in [-0.1, -0.05) is 47.2 Å². The van der Waals surface area contributed by atoms with Crippen LogP contribution in [-0.4, -0.2) is 15.0 Å². The van der Waals surface area contributed by atoms with E-state index in [1.807, 2.05) is 12.1 Å². The summed E-state index contributed by atoms with van der Waals surface area (Å²) in [5.41, 5.74) is 3.25. The summed E-state index contributed by atoms with van der Waals surface area (Å²) < 4.78 is 0. The van der Waals surface area contributed by atoms with Crippen LogP contribution in [0.15, 0.2) is 30.6 Å². The summed E-state index contributed by atoms with van der Waals surface area (Å²) in [5, 5.41) is 1.44. The lowest BCUT2D eigenvalue weighted by atomic mass is 10.1. The topological polar surface area (TPSA) is 38.7 Å². The maximum atomic E-state index is 6.00. The van der Waals surface area contributed by atoms with Crippen LogP contribution in [0, 0.1) is 6.92 Å². The molecule has 18 heavy (non-hydrogen) atoms. The minimum absolute atomic E-state index is 0.423. The van der Waals surface area contributed by atoms with Crippen molar-refractivity contribution < 1.29 is 0 Å². The van der Waals surface area contributed by atoms with Gasteiger partial charge in [0.15, 0.2) is 5.15 Å². The molecule has 2 aromatic heterocycles. The van der Waals surface area contributed by atoms with Crippen molar-refractivity contribution in [1.29, 1.82) is 0 Å². The zero-order valence-corrected chi connectivity index (χ0v) is 11.3. The average molecular weight is 276 g/mol. The fourth-order valence-electron chi connectivity index (χ4n) is 1.82. The Balaban J connectivity index is 2.01. The first kappa shape index (κ1) is 11.6. The monoisotopic (exact) mass is 275 g/mol. The molecule has 0 fully saturated rings. The lowest BCUT2D eigenvalue weighted by Crippen LogP contribution is -1.90. The highest BCUT2D eigenvalue weighted by atomic mass is 35.5. The van der Waals surface area contributed by atoms with Crippen LogP contribution in [0.1, 0.15) is 16.1 Å². The minimum atomic E-state index is 0.423. The molecular formula is C13H10ClN3S. The summed E-state index contributed by atoms with van der Waals surface area (Å²) in [6.45, 7) is 2.11. The van der Waals surface area contributed by atoms with Gasteiger partial charge < -0.3 is 0 Å². The van der Waals surface area contributed by atoms with E-state index in [0.717, 1.165) is 16.3 Å². The highest BCUT2D eigenvalue weighted by Gasteiger charge is 2.10. The number of hydrogen-bond acceptors (Lipinski definition) is 4. The molecule has 5 heteroatoms. The van der Waals surface area contributed by atoms with Crippen LogP contribution in [0.25, 0.3) is 10.3 Å². The predicted octanol–water partition coefficient (Wildman–Crippen LogP) is 3.64. The number of rotatable bonds is 2. The Morgan fingerprint density at radius 1 is 1.22 bits per heavy atom. The van der Waals surface area contributed by atoms with E-state index in [2.05, 4.69) is 34.0 Å².